The third kappa shape index (κ3) is 5.43. The second-order valence-electron chi connectivity index (χ2n) is 6.49. The van der Waals surface area contributed by atoms with Crippen molar-refractivity contribution >= 4 is 52.7 Å². The molecular weight excluding hydrogens is 481 g/mol. The zero-order chi connectivity index (χ0) is 24.3. The van der Waals surface area contributed by atoms with Crippen LogP contribution in [0, 0.1) is 10.1 Å². The van der Waals surface area contributed by atoms with Crippen LogP contribution in [0.4, 0.5) is 18.9 Å². The number of hydrogen-bond acceptors (Lipinski definition) is 7. The first-order valence-electron chi connectivity index (χ1n) is 9.00. The Hall–Kier alpha value is -3.58. The fourth-order valence-corrected chi connectivity index (χ4v) is 3.82. The summed E-state index contributed by atoms with van der Waals surface area (Å²) in [4.78, 5) is 40.6. The second-order valence-corrected chi connectivity index (χ2v) is 7.94. The van der Waals surface area contributed by atoms with Crippen molar-refractivity contribution in [3.8, 4) is 0 Å². The van der Waals surface area contributed by atoms with E-state index in [1.807, 2.05) is 0 Å². The van der Waals surface area contributed by atoms with E-state index in [-0.39, 0.29) is 38.4 Å². The molecule has 2 aromatic rings. The number of halogens is 3. The highest BCUT2D eigenvalue weighted by Gasteiger charge is 2.33. The van der Waals surface area contributed by atoms with E-state index in [2.05, 4.69) is 16.9 Å². The highest BCUT2D eigenvalue weighted by Crippen LogP contribution is 2.36. The summed E-state index contributed by atoms with van der Waals surface area (Å²) in [7, 11) is 0. The number of nitrogens with one attached hydrogen (secondary N) is 1. The molecule has 170 valence electrons. The van der Waals surface area contributed by atoms with Gasteiger partial charge >= 0.3 is 6.18 Å². The maximum absolute atomic E-state index is 12.7. The molecule has 8 nitrogen and oxygen atoms in total. The summed E-state index contributed by atoms with van der Waals surface area (Å²) in [6.07, 6.45) is -1.30. The Morgan fingerprint density at radius 3 is 2.58 bits per heavy atom. The maximum atomic E-state index is 12.7. The lowest BCUT2D eigenvalue weighted by atomic mass is 10.1. The average molecular weight is 494 g/mol. The molecule has 13 heteroatoms. The first-order chi connectivity index (χ1) is 15.5. The molecule has 0 atom stereocenters. The number of alkyl halides is 3. The van der Waals surface area contributed by atoms with E-state index in [0.29, 0.717) is 6.20 Å². The standard InChI is InChI=1S/C20H13F3N4O4S2/c1-2-7-26-18(29)13(17(28)25-19(26)32)8-11-3-5-15(14(9-11)27(30)31)33-16-6-4-12(10-24-16)20(21,22)23/h2-6,8-10H,1,7H2,(H,25,28,32). The Morgan fingerprint density at radius 1 is 1.27 bits per heavy atom. The number of pyridine rings is 1. The van der Waals surface area contributed by atoms with Gasteiger partial charge in [0.15, 0.2) is 5.11 Å². The molecule has 1 aromatic carbocycles. The highest BCUT2D eigenvalue weighted by molar-refractivity contribution is 7.99. The van der Waals surface area contributed by atoms with Crippen LogP contribution in [0.25, 0.3) is 6.08 Å². The first kappa shape index (κ1) is 24.1. The minimum atomic E-state index is -4.55. The molecule has 0 unspecified atom stereocenters. The van der Waals surface area contributed by atoms with E-state index >= 15 is 0 Å². The van der Waals surface area contributed by atoms with Crippen molar-refractivity contribution in [2.45, 2.75) is 16.1 Å². The smallest absolute Gasteiger partial charge is 0.298 e. The molecule has 0 radical (unpaired) electrons. The molecule has 1 fully saturated rings. The van der Waals surface area contributed by atoms with Gasteiger partial charge < -0.3 is 0 Å². The number of carbonyl (C=O) groups excluding carboxylic acids is 2. The lowest BCUT2D eigenvalue weighted by molar-refractivity contribution is -0.387. The third-order valence-corrected chi connectivity index (χ3v) is 5.60. The fourth-order valence-electron chi connectivity index (χ4n) is 2.73. The molecule has 0 spiro atoms. The topological polar surface area (TPSA) is 105 Å². The van der Waals surface area contributed by atoms with Crippen LogP contribution in [0.3, 0.4) is 0 Å². The van der Waals surface area contributed by atoms with Crippen molar-refractivity contribution in [1.29, 1.82) is 0 Å². The SMILES string of the molecule is C=CCN1C(=O)C(=Cc2ccc(Sc3ccc(C(F)(F)F)cn3)c([N+](=O)[O-])c2)C(=O)NC1=S. The molecule has 0 aliphatic carbocycles. The number of nitro groups is 1. The van der Waals surface area contributed by atoms with Crippen molar-refractivity contribution < 1.29 is 27.7 Å². The predicted molar refractivity (Wildman–Crippen MR) is 117 cm³/mol. The fraction of sp³-hybridized carbons (Fsp3) is 0.100. The normalized spacial score (nSPS) is 15.5. The number of benzene rings is 1. The summed E-state index contributed by atoms with van der Waals surface area (Å²) < 4.78 is 38.1. The molecule has 1 N–H and O–H groups in total. The van der Waals surface area contributed by atoms with Crippen LogP contribution in [0.15, 0.2) is 64.7 Å². The summed E-state index contributed by atoms with van der Waals surface area (Å²) in [5.74, 6) is -1.43. The van der Waals surface area contributed by atoms with Gasteiger partial charge in [-0.25, -0.2) is 4.98 Å². The van der Waals surface area contributed by atoms with Crippen LogP contribution in [0.1, 0.15) is 11.1 Å². The van der Waals surface area contributed by atoms with Gasteiger partial charge in [-0.05, 0) is 42.1 Å². The molecule has 33 heavy (non-hydrogen) atoms. The quantitative estimate of drug-likeness (QED) is 0.162. The lowest BCUT2D eigenvalue weighted by Crippen LogP contribution is -2.53. The Kier molecular flexibility index (Phi) is 6.93. The minimum absolute atomic E-state index is 0.0607. The van der Waals surface area contributed by atoms with Crippen molar-refractivity contribution in [1.82, 2.24) is 15.2 Å². The van der Waals surface area contributed by atoms with E-state index in [0.717, 1.165) is 34.9 Å². The molecule has 1 saturated heterocycles. The predicted octanol–water partition coefficient (Wildman–Crippen LogP) is 3.97. The summed E-state index contributed by atoms with van der Waals surface area (Å²) in [6, 6.07) is 5.86. The maximum Gasteiger partial charge on any atom is 0.417 e. The van der Waals surface area contributed by atoms with E-state index in [1.54, 1.807) is 0 Å². The van der Waals surface area contributed by atoms with Crippen LogP contribution in [0.5, 0.6) is 0 Å². The Balaban J connectivity index is 1.92. The minimum Gasteiger partial charge on any atom is -0.298 e. The Labute approximate surface area is 194 Å². The van der Waals surface area contributed by atoms with Crippen molar-refractivity contribution in [2.75, 3.05) is 6.54 Å². The third-order valence-electron chi connectivity index (χ3n) is 4.27. The molecule has 2 amide bonds. The van der Waals surface area contributed by atoms with E-state index < -0.39 is 28.5 Å². The van der Waals surface area contributed by atoms with E-state index in [9.17, 15) is 32.9 Å². The Bertz CT molecular complexity index is 1200. The number of aromatic nitrogens is 1. The van der Waals surface area contributed by atoms with Crippen molar-refractivity contribution in [2.24, 2.45) is 0 Å². The molecule has 1 aliphatic heterocycles. The molecule has 3 rings (SSSR count). The van der Waals surface area contributed by atoms with Gasteiger partial charge in [-0.2, -0.15) is 13.2 Å². The number of carbonyl (C=O) groups is 2. The molecule has 0 saturated carbocycles. The summed E-state index contributed by atoms with van der Waals surface area (Å²) >= 11 is 5.77. The number of nitrogens with zero attached hydrogens (tertiary/aromatic N) is 3. The zero-order valence-electron chi connectivity index (χ0n) is 16.5. The molecule has 1 aromatic heterocycles. The van der Waals surface area contributed by atoms with E-state index in [4.69, 9.17) is 12.2 Å². The van der Waals surface area contributed by atoms with Crippen LogP contribution in [-0.2, 0) is 15.8 Å². The number of hydrogen-bond donors (Lipinski definition) is 1. The monoisotopic (exact) mass is 494 g/mol. The molecular formula is C20H13F3N4O4S2. The van der Waals surface area contributed by atoms with Crippen LogP contribution >= 0.6 is 24.0 Å². The van der Waals surface area contributed by atoms with Gasteiger partial charge in [0.1, 0.15) is 10.6 Å². The largest absolute Gasteiger partial charge is 0.417 e. The van der Waals surface area contributed by atoms with Gasteiger partial charge in [0.25, 0.3) is 17.5 Å². The number of amides is 2. The average Bonchev–Trinajstić information content (AvgIpc) is 2.74. The van der Waals surface area contributed by atoms with Gasteiger partial charge in [0.2, 0.25) is 0 Å². The van der Waals surface area contributed by atoms with Crippen molar-refractivity contribution in [3.05, 3.63) is 76.0 Å². The van der Waals surface area contributed by atoms with Gasteiger partial charge in [-0.3, -0.25) is 29.9 Å². The zero-order valence-corrected chi connectivity index (χ0v) is 18.1. The van der Waals surface area contributed by atoms with Gasteiger partial charge in [-0.15, -0.1) is 6.58 Å². The highest BCUT2D eigenvalue weighted by atomic mass is 32.2. The first-order valence-corrected chi connectivity index (χ1v) is 10.2. The van der Waals surface area contributed by atoms with Gasteiger partial charge in [0.05, 0.1) is 15.4 Å². The molecule has 2 heterocycles. The lowest BCUT2D eigenvalue weighted by Gasteiger charge is -2.27. The van der Waals surface area contributed by atoms with Crippen LogP contribution in [0.2, 0.25) is 0 Å². The Morgan fingerprint density at radius 2 is 2.00 bits per heavy atom. The van der Waals surface area contributed by atoms with Gasteiger partial charge in [0, 0.05) is 18.8 Å². The summed E-state index contributed by atoms with van der Waals surface area (Å²) in [5, 5.41) is 14.0. The summed E-state index contributed by atoms with van der Waals surface area (Å²) in [6.45, 7) is 3.58. The second kappa shape index (κ2) is 9.50. The van der Waals surface area contributed by atoms with Crippen molar-refractivity contribution in [3.63, 3.8) is 0 Å². The van der Waals surface area contributed by atoms with Crippen LogP contribution < -0.4 is 5.32 Å². The van der Waals surface area contributed by atoms with Gasteiger partial charge in [-0.1, -0.05) is 23.9 Å². The molecule has 1 aliphatic rings. The number of nitro benzene ring substituents is 1. The van der Waals surface area contributed by atoms with Crippen LogP contribution in [-0.4, -0.2) is 38.3 Å². The molecule has 0 bridgehead atoms. The summed E-state index contributed by atoms with van der Waals surface area (Å²) in [5.41, 5.74) is -1.40. The number of rotatable bonds is 6. The van der Waals surface area contributed by atoms with E-state index in [1.165, 1.54) is 24.3 Å². The number of thiocarbonyl (C=S) groups is 1.